The van der Waals surface area contributed by atoms with Gasteiger partial charge in [-0.05, 0) is 25.2 Å². The molecule has 0 aromatic carbocycles. The minimum atomic E-state index is -0.619. The first kappa shape index (κ1) is 9.97. The normalized spacial score (nSPS) is 38.2. The zero-order chi connectivity index (χ0) is 10.2. The number of aliphatic carboxylic acids is 1. The SMILES string of the molecule is NC1CC(CC2CCCC2)(C(=O)O)C1. The Bertz CT molecular complexity index is 227. The van der Waals surface area contributed by atoms with E-state index >= 15 is 0 Å². The lowest BCUT2D eigenvalue weighted by Gasteiger charge is -2.44. The van der Waals surface area contributed by atoms with Crippen molar-refractivity contribution in [1.29, 1.82) is 0 Å². The molecule has 0 aromatic heterocycles. The highest BCUT2D eigenvalue weighted by Gasteiger charge is 2.50. The molecule has 80 valence electrons. The first-order chi connectivity index (χ1) is 6.62. The second kappa shape index (κ2) is 3.54. The third-order valence-corrected chi connectivity index (χ3v) is 3.91. The maximum absolute atomic E-state index is 11.2. The van der Waals surface area contributed by atoms with Crippen LogP contribution in [0.15, 0.2) is 0 Å². The molecule has 14 heavy (non-hydrogen) atoms. The van der Waals surface area contributed by atoms with Gasteiger partial charge in [-0.3, -0.25) is 4.79 Å². The van der Waals surface area contributed by atoms with Gasteiger partial charge in [0.2, 0.25) is 0 Å². The van der Waals surface area contributed by atoms with Gasteiger partial charge in [0.15, 0.2) is 0 Å². The average molecular weight is 197 g/mol. The molecule has 0 aliphatic heterocycles. The van der Waals surface area contributed by atoms with Gasteiger partial charge in [0.1, 0.15) is 0 Å². The van der Waals surface area contributed by atoms with Crippen molar-refractivity contribution in [2.75, 3.05) is 0 Å². The van der Waals surface area contributed by atoms with Gasteiger partial charge in [-0.25, -0.2) is 0 Å². The molecular formula is C11H19NO2. The summed E-state index contributed by atoms with van der Waals surface area (Å²) in [7, 11) is 0. The van der Waals surface area contributed by atoms with Crippen LogP contribution in [0.1, 0.15) is 44.9 Å². The van der Waals surface area contributed by atoms with Crippen molar-refractivity contribution in [2.45, 2.75) is 51.0 Å². The number of rotatable bonds is 3. The molecule has 2 fully saturated rings. The maximum Gasteiger partial charge on any atom is 0.309 e. The molecule has 0 radical (unpaired) electrons. The second-order valence-electron chi connectivity index (χ2n) is 5.11. The molecule has 0 unspecified atom stereocenters. The molecule has 0 saturated heterocycles. The Balaban J connectivity index is 1.95. The van der Waals surface area contributed by atoms with Crippen molar-refractivity contribution in [3.05, 3.63) is 0 Å². The van der Waals surface area contributed by atoms with E-state index in [-0.39, 0.29) is 6.04 Å². The molecule has 0 spiro atoms. The van der Waals surface area contributed by atoms with E-state index in [4.69, 9.17) is 5.73 Å². The minimum absolute atomic E-state index is 0.132. The van der Waals surface area contributed by atoms with Gasteiger partial charge < -0.3 is 10.8 Å². The van der Waals surface area contributed by atoms with Crippen molar-refractivity contribution in [1.82, 2.24) is 0 Å². The van der Waals surface area contributed by atoms with E-state index in [1.807, 2.05) is 0 Å². The third kappa shape index (κ3) is 1.65. The van der Waals surface area contributed by atoms with Gasteiger partial charge in [-0.1, -0.05) is 25.7 Å². The topological polar surface area (TPSA) is 63.3 Å². The van der Waals surface area contributed by atoms with Crippen LogP contribution < -0.4 is 5.73 Å². The zero-order valence-electron chi connectivity index (χ0n) is 8.54. The van der Waals surface area contributed by atoms with E-state index in [0.29, 0.717) is 18.8 Å². The van der Waals surface area contributed by atoms with E-state index in [9.17, 15) is 9.90 Å². The molecule has 0 aromatic rings. The lowest BCUT2D eigenvalue weighted by Crippen LogP contribution is -2.51. The summed E-state index contributed by atoms with van der Waals surface area (Å²) in [5.74, 6) is 0.0321. The monoisotopic (exact) mass is 197 g/mol. The molecule has 3 nitrogen and oxygen atoms in total. The Kier molecular flexibility index (Phi) is 2.52. The van der Waals surface area contributed by atoms with Crippen LogP contribution in [0.3, 0.4) is 0 Å². The summed E-state index contributed by atoms with van der Waals surface area (Å²) in [5, 5.41) is 9.21. The van der Waals surface area contributed by atoms with Crippen LogP contribution in [0.25, 0.3) is 0 Å². The number of hydrogen-bond donors (Lipinski definition) is 2. The highest BCUT2D eigenvalue weighted by atomic mass is 16.4. The van der Waals surface area contributed by atoms with Crippen molar-refractivity contribution in [3.8, 4) is 0 Å². The fourth-order valence-electron chi connectivity index (χ4n) is 3.14. The summed E-state index contributed by atoms with van der Waals surface area (Å²) in [6, 6.07) is 0.132. The maximum atomic E-state index is 11.2. The Morgan fingerprint density at radius 3 is 2.36 bits per heavy atom. The number of carboxylic acids is 1. The predicted molar refractivity (Wildman–Crippen MR) is 53.9 cm³/mol. The second-order valence-corrected chi connectivity index (χ2v) is 5.11. The Labute approximate surface area is 84.7 Å². The molecule has 0 amide bonds. The van der Waals surface area contributed by atoms with Gasteiger partial charge in [-0.2, -0.15) is 0 Å². The smallest absolute Gasteiger partial charge is 0.309 e. The van der Waals surface area contributed by atoms with Gasteiger partial charge in [0.25, 0.3) is 0 Å². The Hall–Kier alpha value is -0.570. The van der Waals surface area contributed by atoms with Gasteiger partial charge in [-0.15, -0.1) is 0 Å². The van der Waals surface area contributed by atoms with Crippen LogP contribution in [0.5, 0.6) is 0 Å². The average Bonchev–Trinajstić information content (AvgIpc) is 2.53. The highest BCUT2D eigenvalue weighted by molar-refractivity contribution is 5.76. The van der Waals surface area contributed by atoms with E-state index in [2.05, 4.69) is 0 Å². The zero-order valence-corrected chi connectivity index (χ0v) is 8.54. The predicted octanol–water partition coefficient (Wildman–Crippen LogP) is 1.76. The van der Waals surface area contributed by atoms with Crippen LogP contribution in [-0.2, 0) is 4.79 Å². The van der Waals surface area contributed by atoms with Crippen molar-refractivity contribution in [3.63, 3.8) is 0 Å². The largest absolute Gasteiger partial charge is 0.481 e. The van der Waals surface area contributed by atoms with Crippen LogP contribution in [-0.4, -0.2) is 17.1 Å². The third-order valence-electron chi connectivity index (χ3n) is 3.91. The lowest BCUT2D eigenvalue weighted by molar-refractivity contribution is -0.157. The molecule has 3 N–H and O–H groups in total. The molecule has 2 aliphatic carbocycles. The summed E-state index contributed by atoms with van der Waals surface area (Å²) in [4.78, 5) is 11.2. The first-order valence-corrected chi connectivity index (χ1v) is 5.61. The molecule has 0 heterocycles. The minimum Gasteiger partial charge on any atom is -0.481 e. The van der Waals surface area contributed by atoms with E-state index < -0.39 is 11.4 Å². The van der Waals surface area contributed by atoms with Crippen LogP contribution in [0, 0.1) is 11.3 Å². The Morgan fingerprint density at radius 1 is 1.36 bits per heavy atom. The fourth-order valence-corrected chi connectivity index (χ4v) is 3.14. The standard InChI is InChI=1S/C11H19NO2/c12-9-6-11(7-9,10(13)14)5-8-3-1-2-4-8/h8-9H,1-7,12H2,(H,13,14). The lowest BCUT2D eigenvalue weighted by atomic mass is 9.61. The van der Waals surface area contributed by atoms with Gasteiger partial charge in [0.05, 0.1) is 5.41 Å². The molecule has 2 rings (SSSR count). The summed E-state index contributed by atoms with van der Waals surface area (Å²) < 4.78 is 0. The molecule has 0 bridgehead atoms. The summed E-state index contributed by atoms with van der Waals surface area (Å²) >= 11 is 0. The quantitative estimate of drug-likeness (QED) is 0.724. The van der Waals surface area contributed by atoms with Crippen molar-refractivity contribution in [2.24, 2.45) is 17.1 Å². The van der Waals surface area contributed by atoms with Crippen LogP contribution in [0.4, 0.5) is 0 Å². The highest BCUT2D eigenvalue weighted by Crippen LogP contribution is 2.48. The molecular weight excluding hydrogens is 178 g/mol. The van der Waals surface area contributed by atoms with Gasteiger partial charge in [0, 0.05) is 6.04 Å². The fraction of sp³-hybridized carbons (Fsp3) is 0.909. The number of carbonyl (C=O) groups is 1. The Morgan fingerprint density at radius 2 is 1.93 bits per heavy atom. The summed E-state index contributed by atoms with van der Waals surface area (Å²) in [6.07, 6.45) is 7.28. The molecule has 0 atom stereocenters. The number of nitrogens with two attached hydrogens (primary N) is 1. The van der Waals surface area contributed by atoms with Gasteiger partial charge >= 0.3 is 5.97 Å². The summed E-state index contributed by atoms with van der Waals surface area (Å²) in [5.41, 5.74) is 5.25. The van der Waals surface area contributed by atoms with E-state index in [1.165, 1.54) is 25.7 Å². The summed E-state index contributed by atoms with van der Waals surface area (Å²) in [6.45, 7) is 0. The number of carboxylic acid groups (broad SMARTS) is 1. The first-order valence-electron chi connectivity index (χ1n) is 5.61. The van der Waals surface area contributed by atoms with Crippen molar-refractivity contribution >= 4 is 5.97 Å². The van der Waals surface area contributed by atoms with Crippen LogP contribution in [0.2, 0.25) is 0 Å². The molecule has 2 aliphatic rings. The number of hydrogen-bond acceptors (Lipinski definition) is 2. The van der Waals surface area contributed by atoms with E-state index in [0.717, 1.165) is 6.42 Å². The van der Waals surface area contributed by atoms with E-state index in [1.54, 1.807) is 0 Å². The molecule has 3 heteroatoms. The molecule has 2 saturated carbocycles. The van der Waals surface area contributed by atoms with Crippen molar-refractivity contribution < 1.29 is 9.90 Å². The van der Waals surface area contributed by atoms with Crippen LogP contribution >= 0.6 is 0 Å².